The molecule has 0 unspecified atom stereocenters. The van der Waals surface area contributed by atoms with Crippen LogP contribution in [0.25, 0.3) is 0 Å². The summed E-state index contributed by atoms with van der Waals surface area (Å²) in [7, 11) is 1.71. The fourth-order valence-electron chi connectivity index (χ4n) is 2.02. The third-order valence-corrected chi connectivity index (χ3v) is 3.35. The third-order valence-electron chi connectivity index (χ3n) is 3.35. The minimum atomic E-state index is 0.315. The molecule has 1 aromatic carbocycles. The molecular weight excluding hydrogens is 262 g/mol. The van der Waals surface area contributed by atoms with Gasteiger partial charge in [0.25, 0.3) is 0 Å². The van der Waals surface area contributed by atoms with E-state index in [2.05, 4.69) is 45.1 Å². The molecule has 1 rings (SSSR count). The van der Waals surface area contributed by atoms with Crippen LogP contribution in [0.2, 0.25) is 0 Å². The molecule has 21 heavy (non-hydrogen) atoms. The molecule has 0 aliphatic heterocycles. The van der Waals surface area contributed by atoms with E-state index in [-0.39, 0.29) is 0 Å². The Morgan fingerprint density at radius 1 is 1.19 bits per heavy atom. The molecule has 0 aromatic heterocycles. The summed E-state index contributed by atoms with van der Waals surface area (Å²) in [4.78, 5) is 0. The molecule has 1 aromatic rings. The van der Waals surface area contributed by atoms with Crippen LogP contribution >= 0.6 is 0 Å². The van der Waals surface area contributed by atoms with Crippen molar-refractivity contribution in [2.45, 2.75) is 53.7 Å². The molecule has 0 bridgehead atoms. The summed E-state index contributed by atoms with van der Waals surface area (Å²) in [6.45, 7) is 12.2. The minimum absolute atomic E-state index is 0.315. The molecule has 0 saturated heterocycles. The van der Waals surface area contributed by atoms with Gasteiger partial charge < -0.3 is 14.8 Å². The van der Waals surface area contributed by atoms with Crippen molar-refractivity contribution in [1.29, 1.82) is 0 Å². The Balaban J connectivity index is 2.55. The van der Waals surface area contributed by atoms with Gasteiger partial charge in [-0.05, 0) is 42.5 Å². The van der Waals surface area contributed by atoms with Crippen LogP contribution < -0.4 is 10.1 Å². The molecule has 0 atom stereocenters. The summed E-state index contributed by atoms with van der Waals surface area (Å²) in [6.07, 6.45) is 2.21. The maximum Gasteiger partial charge on any atom is 0.124 e. The van der Waals surface area contributed by atoms with E-state index in [0.29, 0.717) is 12.0 Å². The average Bonchev–Trinajstić information content (AvgIpc) is 2.43. The standard InChI is InChI=1S/C18H31NO2/c1-6-10-19-13-15-7-8-17(20-5)16(12-15)14-21-11-9-18(2,3)4/h7-8,12,19H,6,9-11,13-14H2,1-5H3. The molecule has 1 N–H and O–H groups in total. The van der Waals surface area contributed by atoms with Gasteiger partial charge in [0.15, 0.2) is 0 Å². The number of benzene rings is 1. The second-order valence-corrected chi connectivity index (χ2v) is 6.69. The van der Waals surface area contributed by atoms with Gasteiger partial charge in [0.05, 0.1) is 13.7 Å². The molecule has 3 nitrogen and oxygen atoms in total. The number of hydrogen-bond donors (Lipinski definition) is 1. The van der Waals surface area contributed by atoms with Gasteiger partial charge in [-0.3, -0.25) is 0 Å². The zero-order valence-corrected chi connectivity index (χ0v) is 14.3. The lowest BCUT2D eigenvalue weighted by atomic mass is 9.93. The molecule has 0 saturated carbocycles. The van der Waals surface area contributed by atoms with Crippen LogP contribution in [0.15, 0.2) is 18.2 Å². The van der Waals surface area contributed by atoms with E-state index in [1.165, 1.54) is 5.56 Å². The van der Waals surface area contributed by atoms with Crippen molar-refractivity contribution in [2.24, 2.45) is 5.41 Å². The van der Waals surface area contributed by atoms with Crippen molar-refractivity contribution in [2.75, 3.05) is 20.3 Å². The number of nitrogens with one attached hydrogen (secondary N) is 1. The van der Waals surface area contributed by atoms with Crippen molar-refractivity contribution in [3.05, 3.63) is 29.3 Å². The summed E-state index contributed by atoms with van der Waals surface area (Å²) < 4.78 is 11.2. The summed E-state index contributed by atoms with van der Waals surface area (Å²) in [5, 5.41) is 3.42. The number of ether oxygens (including phenoxy) is 2. The van der Waals surface area contributed by atoms with Gasteiger partial charge >= 0.3 is 0 Å². The molecule has 0 spiro atoms. The van der Waals surface area contributed by atoms with Crippen LogP contribution in [0.5, 0.6) is 5.75 Å². The van der Waals surface area contributed by atoms with E-state index in [1.54, 1.807) is 7.11 Å². The van der Waals surface area contributed by atoms with Gasteiger partial charge in [-0.2, -0.15) is 0 Å². The highest BCUT2D eigenvalue weighted by Crippen LogP contribution is 2.22. The van der Waals surface area contributed by atoms with Crippen LogP contribution in [0.1, 0.15) is 51.7 Å². The largest absolute Gasteiger partial charge is 0.496 e. The number of hydrogen-bond acceptors (Lipinski definition) is 3. The van der Waals surface area contributed by atoms with Crippen LogP contribution in [-0.2, 0) is 17.9 Å². The SMILES string of the molecule is CCCNCc1ccc(OC)c(COCCC(C)(C)C)c1. The third kappa shape index (κ3) is 7.49. The van der Waals surface area contributed by atoms with Gasteiger partial charge in [-0.15, -0.1) is 0 Å². The monoisotopic (exact) mass is 293 g/mol. The lowest BCUT2D eigenvalue weighted by Crippen LogP contribution is -2.14. The molecule has 120 valence electrons. The second-order valence-electron chi connectivity index (χ2n) is 6.69. The van der Waals surface area contributed by atoms with E-state index >= 15 is 0 Å². The Labute approximate surface area is 130 Å². The Kier molecular flexibility index (Phi) is 7.76. The summed E-state index contributed by atoms with van der Waals surface area (Å²) in [6, 6.07) is 6.32. The highest BCUT2D eigenvalue weighted by atomic mass is 16.5. The van der Waals surface area contributed by atoms with E-state index < -0.39 is 0 Å². The van der Waals surface area contributed by atoms with Gasteiger partial charge in [0.2, 0.25) is 0 Å². The highest BCUT2D eigenvalue weighted by molar-refractivity contribution is 5.36. The second kappa shape index (κ2) is 9.06. The zero-order valence-electron chi connectivity index (χ0n) is 14.3. The molecule has 0 fully saturated rings. The van der Waals surface area contributed by atoms with E-state index in [1.807, 2.05) is 6.07 Å². The van der Waals surface area contributed by atoms with E-state index in [9.17, 15) is 0 Å². The predicted octanol–water partition coefficient (Wildman–Crippen LogP) is 4.15. The quantitative estimate of drug-likeness (QED) is 0.694. The number of rotatable bonds is 9. The molecule has 0 radical (unpaired) electrons. The fraction of sp³-hybridized carbons (Fsp3) is 0.667. The van der Waals surface area contributed by atoms with Crippen molar-refractivity contribution in [3.63, 3.8) is 0 Å². The molecule has 3 heteroatoms. The van der Waals surface area contributed by atoms with Crippen molar-refractivity contribution >= 4 is 0 Å². The van der Waals surface area contributed by atoms with Crippen LogP contribution in [-0.4, -0.2) is 20.3 Å². The van der Waals surface area contributed by atoms with Crippen molar-refractivity contribution in [1.82, 2.24) is 5.32 Å². The Morgan fingerprint density at radius 3 is 2.57 bits per heavy atom. The first-order valence-electron chi connectivity index (χ1n) is 7.90. The van der Waals surface area contributed by atoms with E-state index in [4.69, 9.17) is 9.47 Å². The topological polar surface area (TPSA) is 30.5 Å². The van der Waals surface area contributed by atoms with E-state index in [0.717, 1.165) is 43.9 Å². The minimum Gasteiger partial charge on any atom is -0.496 e. The van der Waals surface area contributed by atoms with Gasteiger partial charge in [-0.25, -0.2) is 0 Å². The lowest BCUT2D eigenvalue weighted by Gasteiger charge is -2.18. The maximum atomic E-state index is 5.82. The molecule has 0 aliphatic rings. The summed E-state index contributed by atoms with van der Waals surface area (Å²) in [5.41, 5.74) is 2.72. The Hall–Kier alpha value is -1.06. The summed E-state index contributed by atoms with van der Waals surface area (Å²) >= 11 is 0. The first kappa shape index (κ1) is 18.0. The van der Waals surface area contributed by atoms with Gasteiger partial charge in [0, 0.05) is 18.7 Å². The predicted molar refractivity (Wildman–Crippen MR) is 88.7 cm³/mol. The Bertz CT molecular complexity index is 410. The summed E-state index contributed by atoms with van der Waals surface area (Å²) in [5.74, 6) is 0.907. The number of methoxy groups -OCH3 is 1. The zero-order chi connectivity index (χ0) is 15.7. The molecule has 0 aliphatic carbocycles. The van der Waals surface area contributed by atoms with Crippen LogP contribution in [0.3, 0.4) is 0 Å². The molecule has 0 heterocycles. The molecular formula is C18H31NO2. The van der Waals surface area contributed by atoms with Crippen LogP contribution in [0.4, 0.5) is 0 Å². The maximum absolute atomic E-state index is 5.82. The normalized spacial score (nSPS) is 11.7. The van der Waals surface area contributed by atoms with Crippen molar-refractivity contribution < 1.29 is 9.47 Å². The molecule has 0 amide bonds. The Morgan fingerprint density at radius 2 is 1.95 bits per heavy atom. The highest BCUT2D eigenvalue weighted by Gasteiger charge is 2.10. The van der Waals surface area contributed by atoms with Crippen LogP contribution in [0, 0.1) is 5.41 Å². The first-order valence-corrected chi connectivity index (χ1v) is 7.90. The first-order chi connectivity index (χ1) is 9.96. The van der Waals surface area contributed by atoms with Gasteiger partial charge in [-0.1, -0.05) is 33.8 Å². The van der Waals surface area contributed by atoms with Gasteiger partial charge in [0.1, 0.15) is 5.75 Å². The van der Waals surface area contributed by atoms with Crippen molar-refractivity contribution in [3.8, 4) is 5.75 Å². The fourth-order valence-corrected chi connectivity index (χ4v) is 2.02. The smallest absolute Gasteiger partial charge is 0.124 e. The lowest BCUT2D eigenvalue weighted by molar-refractivity contribution is 0.0947. The average molecular weight is 293 g/mol.